The second kappa shape index (κ2) is 4.44. The summed E-state index contributed by atoms with van der Waals surface area (Å²) in [6.45, 7) is 1.11. The van der Waals surface area contributed by atoms with Gasteiger partial charge in [0.1, 0.15) is 0 Å². The number of aromatic nitrogens is 1. The number of aryl methyl sites for hydroxylation is 1. The zero-order chi connectivity index (χ0) is 11.7. The van der Waals surface area contributed by atoms with Gasteiger partial charge in [0, 0.05) is 36.4 Å². The molecular formula is C15H20N2. The molecule has 0 saturated heterocycles. The number of anilines is 1. The van der Waals surface area contributed by atoms with Crippen molar-refractivity contribution in [3.05, 3.63) is 30.5 Å². The maximum absolute atomic E-state index is 3.54. The van der Waals surface area contributed by atoms with Gasteiger partial charge >= 0.3 is 0 Å². The molecule has 1 N–H and O–H groups in total. The summed E-state index contributed by atoms with van der Waals surface area (Å²) >= 11 is 0. The lowest BCUT2D eigenvalue weighted by molar-refractivity contribution is 0.303. The Morgan fingerprint density at radius 3 is 2.94 bits per heavy atom. The average Bonchev–Trinajstić information content (AvgIpc) is 2.64. The average molecular weight is 228 g/mol. The number of benzene rings is 1. The maximum atomic E-state index is 3.54. The highest BCUT2D eigenvalue weighted by atomic mass is 14.9. The molecule has 1 aliphatic rings. The van der Waals surface area contributed by atoms with Crippen LogP contribution in [0.25, 0.3) is 10.9 Å². The highest BCUT2D eigenvalue weighted by molar-refractivity contribution is 5.83. The molecule has 0 amide bonds. The minimum absolute atomic E-state index is 0.989. The van der Waals surface area contributed by atoms with Crippen LogP contribution in [-0.4, -0.2) is 11.1 Å². The summed E-state index contributed by atoms with van der Waals surface area (Å²) < 4.78 is 2.16. The fourth-order valence-corrected chi connectivity index (χ4v) is 2.59. The first kappa shape index (κ1) is 10.7. The van der Waals surface area contributed by atoms with Gasteiger partial charge in [0.15, 0.2) is 0 Å². The molecule has 2 heteroatoms. The summed E-state index contributed by atoms with van der Waals surface area (Å²) in [5, 5.41) is 4.86. The molecule has 1 aliphatic carbocycles. The lowest BCUT2D eigenvalue weighted by Gasteiger charge is -2.25. The second-order valence-electron chi connectivity index (χ2n) is 5.21. The molecule has 0 atom stereocenters. The van der Waals surface area contributed by atoms with Crippen molar-refractivity contribution in [1.82, 2.24) is 4.57 Å². The first-order chi connectivity index (χ1) is 8.33. The summed E-state index contributed by atoms with van der Waals surface area (Å²) in [6, 6.07) is 8.80. The molecule has 3 rings (SSSR count). The Labute approximate surface area is 103 Å². The molecule has 2 aromatic rings. The Balaban J connectivity index is 1.64. The zero-order valence-corrected chi connectivity index (χ0v) is 10.4. The van der Waals surface area contributed by atoms with Gasteiger partial charge in [-0.3, -0.25) is 0 Å². The smallest absolute Gasteiger partial charge is 0.0479 e. The fourth-order valence-electron chi connectivity index (χ4n) is 2.59. The molecule has 0 unspecified atom stereocenters. The maximum Gasteiger partial charge on any atom is 0.0479 e. The molecule has 2 nitrogen and oxygen atoms in total. The topological polar surface area (TPSA) is 17.0 Å². The van der Waals surface area contributed by atoms with E-state index in [1.807, 2.05) is 0 Å². The van der Waals surface area contributed by atoms with Crippen molar-refractivity contribution >= 4 is 16.6 Å². The van der Waals surface area contributed by atoms with Gasteiger partial charge in [0.05, 0.1) is 0 Å². The van der Waals surface area contributed by atoms with E-state index in [2.05, 4.69) is 47.4 Å². The van der Waals surface area contributed by atoms with E-state index in [-0.39, 0.29) is 0 Å². The van der Waals surface area contributed by atoms with Crippen molar-refractivity contribution in [1.29, 1.82) is 0 Å². The molecule has 17 heavy (non-hydrogen) atoms. The van der Waals surface area contributed by atoms with Gasteiger partial charge in [-0.2, -0.15) is 0 Å². The summed E-state index contributed by atoms with van der Waals surface area (Å²) in [5.74, 6) is 0.989. The van der Waals surface area contributed by atoms with Gasteiger partial charge < -0.3 is 9.88 Å². The van der Waals surface area contributed by atoms with E-state index in [4.69, 9.17) is 0 Å². The van der Waals surface area contributed by atoms with E-state index in [0.717, 1.165) is 12.5 Å². The van der Waals surface area contributed by atoms with E-state index in [9.17, 15) is 0 Å². The molecule has 1 aromatic heterocycles. The van der Waals surface area contributed by atoms with Crippen LogP contribution in [0.3, 0.4) is 0 Å². The van der Waals surface area contributed by atoms with Crippen LogP contribution in [0.15, 0.2) is 30.5 Å². The SMILES string of the molecule is Cn1ccc2cc(NCCC3CCC3)ccc21. The Morgan fingerprint density at radius 1 is 1.29 bits per heavy atom. The van der Waals surface area contributed by atoms with E-state index in [1.165, 1.54) is 42.3 Å². The molecule has 0 aliphatic heterocycles. The number of nitrogens with zero attached hydrogens (tertiary/aromatic N) is 1. The number of nitrogens with one attached hydrogen (secondary N) is 1. The number of rotatable bonds is 4. The Morgan fingerprint density at radius 2 is 2.18 bits per heavy atom. The molecule has 0 spiro atoms. The Hall–Kier alpha value is -1.44. The molecule has 90 valence electrons. The van der Waals surface area contributed by atoms with Crippen molar-refractivity contribution in [2.75, 3.05) is 11.9 Å². The quantitative estimate of drug-likeness (QED) is 0.842. The minimum Gasteiger partial charge on any atom is -0.385 e. The van der Waals surface area contributed by atoms with Gasteiger partial charge in [-0.05, 0) is 36.6 Å². The van der Waals surface area contributed by atoms with Crippen LogP contribution in [0.2, 0.25) is 0 Å². The molecule has 1 saturated carbocycles. The van der Waals surface area contributed by atoms with Crippen molar-refractivity contribution < 1.29 is 0 Å². The van der Waals surface area contributed by atoms with Crippen LogP contribution in [0, 0.1) is 5.92 Å². The normalized spacial score (nSPS) is 16.1. The van der Waals surface area contributed by atoms with Crippen LogP contribution in [-0.2, 0) is 7.05 Å². The van der Waals surface area contributed by atoms with Gasteiger partial charge in [-0.1, -0.05) is 19.3 Å². The molecular weight excluding hydrogens is 208 g/mol. The van der Waals surface area contributed by atoms with Crippen molar-refractivity contribution in [3.63, 3.8) is 0 Å². The van der Waals surface area contributed by atoms with E-state index in [0.29, 0.717) is 0 Å². The summed E-state index contributed by atoms with van der Waals surface area (Å²) in [5.41, 5.74) is 2.55. The van der Waals surface area contributed by atoms with E-state index < -0.39 is 0 Å². The third-order valence-corrected chi connectivity index (χ3v) is 3.99. The van der Waals surface area contributed by atoms with Gasteiger partial charge in [-0.15, -0.1) is 0 Å². The van der Waals surface area contributed by atoms with Crippen molar-refractivity contribution in [3.8, 4) is 0 Å². The Bertz CT molecular complexity index is 509. The largest absolute Gasteiger partial charge is 0.385 e. The standard InChI is InChI=1S/C15H20N2/c1-17-10-8-13-11-14(5-6-15(13)17)16-9-7-12-3-2-4-12/h5-6,8,10-12,16H,2-4,7,9H2,1H3. The van der Waals surface area contributed by atoms with Gasteiger partial charge in [0.2, 0.25) is 0 Å². The van der Waals surface area contributed by atoms with Crippen LogP contribution >= 0.6 is 0 Å². The third-order valence-electron chi connectivity index (χ3n) is 3.99. The number of hydrogen-bond donors (Lipinski definition) is 1. The van der Waals surface area contributed by atoms with Gasteiger partial charge in [-0.25, -0.2) is 0 Å². The molecule has 1 heterocycles. The first-order valence-electron chi connectivity index (χ1n) is 6.62. The van der Waals surface area contributed by atoms with E-state index >= 15 is 0 Å². The lowest BCUT2D eigenvalue weighted by Crippen LogP contribution is -2.15. The first-order valence-corrected chi connectivity index (χ1v) is 6.62. The van der Waals surface area contributed by atoms with Crippen LogP contribution in [0.4, 0.5) is 5.69 Å². The van der Waals surface area contributed by atoms with Crippen LogP contribution in [0.5, 0.6) is 0 Å². The molecule has 0 radical (unpaired) electrons. The molecule has 0 bridgehead atoms. The summed E-state index contributed by atoms with van der Waals surface area (Å²) in [6.07, 6.45) is 7.77. The summed E-state index contributed by atoms with van der Waals surface area (Å²) in [7, 11) is 2.09. The summed E-state index contributed by atoms with van der Waals surface area (Å²) in [4.78, 5) is 0. The second-order valence-corrected chi connectivity index (χ2v) is 5.21. The van der Waals surface area contributed by atoms with Crippen LogP contribution in [0.1, 0.15) is 25.7 Å². The van der Waals surface area contributed by atoms with Gasteiger partial charge in [0.25, 0.3) is 0 Å². The van der Waals surface area contributed by atoms with E-state index in [1.54, 1.807) is 0 Å². The van der Waals surface area contributed by atoms with Crippen molar-refractivity contribution in [2.45, 2.75) is 25.7 Å². The van der Waals surface area contributed by atoms with Crippen molar-refractivity contribution in [2.24, 2.45) is 13.0 Å². The third kappa shape index (κ3) is 2.17. The monoisotopic (exact) mass is 228 g/mol. The highest BCUT2D eigenvalue weighted by Gasteiger charge is 2.16. The number of fused-ring (bicyclic) bond motifs is 1. The predicted octanol–water partition coefficient (Wildman–Crippen LogP) is 3.78. The lowest BCUT2D eigenvalue weighted by atomic mass is 9.83. The molecule has 1 aromatic carbocycles. The highest BCUT2D eigenvalue weighted by Crippen LogP contribution is 2.29. The predicted molar refractivity (Wildman–Crippen MR) is 73.4 cm³/mol. The zero-order valence-electron chi connectivity index (χ0n) is 10.4. The number of hydrogen-bond acceptors (Lipinski definition) is 1. The fraction of sp³-hybridized carbons (Fsp3) is 0.467. The molecule has 1 fully saturated rings. The Kier molecular flexibility index (Phi) is 2.79. The van der Waals surface area contributed by atoms with Crippen LogP contribution < -0.4 is 5.32 Å². The minimum atomic E-state index is 0.989.